The first-order valence-electron chi connectivity index (χ1n) is 5.25. The summed E-state index contributed by atoms with van der Waals surface area (Å²) in [5.74, 6) is -1.03. The first kappa shape index (κ1) is 12.4. The second kappa shape index (κ2) is 5.54. The number of nitrogens with zero attached hydrogens (tertiary/aromatic N) is 3. The molecule has 0 unspecified atom stereocenters. The maximum absolute atomic E-state index is 10.9. The second-order valence-electron chi connectivity index (χ2n) is 3.51. The highest BCUT2D eigenvalue weighted by atomic mass is 32.1. The Balaban J connectivity index is 1.99. The van der Waals surface area contributed by atoms with Crippen molar-refractivity contribution in [3.8, 4) is 5.88 Å². The number of carboxylic acid groups (broad SMARTS) is 1. The zero-order chi connectivity index (χ0) is 13.0. The van der Waals surface area contributed by atoms with Crippen LogP contribution >= 0.6 is 11.3 Å². The summed E-state index contributed by atoms with van der Waals surface area (Å²) in [5.41, 5.74) is 2.77. The van der Waals surface area contributed by atoms with E-state index >= 15 is 0 Å². The molecule has 0 amide bonds. The van der Waals surface area contributed by atoms with Crippen molar-refractivity contribution >= 4 is 17.3 Å². The Morgan fingerprint density at radius 2 is 2.39 bits per heavy atom. The van der Waals surface area contributed by atoms with Gasteiger partial charge in [0.25, 0.3) is 0 Å². The number of ether oxygens (including phenoxy) is 1. The summed E-state index contributed by atoms with van der Waals surface area (Å²) in [6.07, 6.45) is 2.00. The van der Waals surface area contributed by atoms with E-state index in [1.54, 1.807) is 16.8 Å². The van der Waals surface area contributed by atoms with Crippen molar-refractivity contribution in [1.29, 1.82) is 0 Å². The van der Waals surface area contributed by atoms with E-state index in [1.165, 1.54) is 12.3 Å². The molecule has 0 radical (unpaired) electrons. The third-order valence-corrected chi connectivity index (χ3v) is 3.32. The molecular weight excluding hydrogens is 254 g/mol. The Hall–Kier alpha value is -2.02. The summed E-state index contributed by atoms with van der Waals surface area (Å²) in [4.78, 5) is 16.2. The average Bonchev–Trinajstić information content (AvgIpc) is 2.76. The van der Waals surface area contributed by atoms with E-state index in [1.807, 2.05) is 6.92 Å². The number of aryl methyl sites for hydroxylation is 1. The summed E-state index contributed by atoms with van der Waals surface area (Å²) in [7, 11) is 0. The van der Waals surface area contributed by atoms with Gasteiger partial charge in [0.15, 0.2) is 0 Å². The van der Waals surface area contributed by atoms with Crippen LogP contribution in [0.15, 0.2) is 17.8 Å². The molecule has 2 aromatic rings. The van der Waals surface area contributed by atoms with Crippen LogP contribution in [0.5, 0.6) is 5.88 Å². The summed E-state index contributed by atoms with van der Waals surface area (Å²) in [5, 5.41) is 16.2. The van der Waals surface area contributed by atoms with Crippen molar-refractivity contribution in [3.05, 3.63) is 33.9 Å². The monoisotopic (exact) mass is 265 g/mol. The number of carboxylic acids is 1. The number of hydrogen-bond acceptors (Lipinski definition) is 6. The first-order chi connectivity index (χ1) is 8.68. The minimum atomic E-state index is -1.08. The van der Waals surface area contributed by atoms with Crippen LogP contribution in [0.3, 0.4) is 0 Å². The van der Waals surface area contributed by atoms with Gasteiger partial charge in [-0.25, -0.2) is 9.78 Å². The SMILES string of the molecule is Cc1ncsc1CCOc1nnccc1C(=O)O. The van der Waals surface area contributed by atoms with Gasteiger partial charge in [-0.3, -0.25) is 0 Å². The fourth-order valence-electron chi connectivity index (χ4n) is 1.39. The van der Waals surface area contributed by atoms with E-state index in [0.717, 1.165) is 10.6 Å². The lowest BCUT2D eigenvalue weighted by atomic mass is 10.3. The van der Waals surface area contributed by atoms with Crippen molar-refractivity contribution < 1.29 is 14.6 Å². The van der Waals surface area contributed by atoms with Gasteiger partial charge >= 0.3 is 5.97 Å². The highest BCUT2D eigenvalue weighted by Gasteiger charge is 2.12. The van der Waals surface area contributed by atoms with E-state index < -0.39 is 5.97 Å². The zero-order valence-electron chi connectivity index (χ0n) is 9.66. The normalized spacial score (nSPS) is 10.3. The van der Waals surface area contributed by atoms with Crippen molar-refractivity contribution in [1.82, 2.24) is 15.2 Å². The lowest BCUT2D eigenvalue weighted by Crippen LogP contribution is -2.08. The molecule has 0 saturated heterocycles. The van der Waals surface area contributed by atoms with Crippen LogP contribution in [0.2, 0.25) is 0 Å². The molecule has 1 N–H and O–H groups in total. The number of rotatable bonds is 5. The molecular formula is C11H11N3O3S. The highest BCUT2D eigenvalue weighted by molar-refractivity contribution is 7.09. The average molecular weight is 265 g/mol. The van der Waals surface area contributed by atoms with Gasteiger partial charge in [0.2, 0.25) is 5.88 Å². The van der Waals surface area contributed by atoms with Gasteiger partial charge in [-0.05, 0) is 13.0 Å². The van der Waals surface area contributed by atoms with E-state index in [2.05, 4.69) is 15.2 Å². The lowest BCUT2D eigenvalue weighted by Gasteiger charge is -2.06. The maximum atomic E-state index is 10.9. The minimum Gasteiger partial charge on any atom is -0.477 e. The molecule has 2 rings (SSSR count). The molecule has 6 nitrogen and oxygen atoms in total. The van der Waals surface area contributed by atoms with Gasteiger partial charge in [-0.1, -0.05) is 0 Å². The smallest absolute Gasteiger partial charge is 0.341 e. The fourth-order valence-corrected chi connectivity index (χ4v) is 2.16. The number of thiazole rings is 1. The third kappa shape index (κ3) is 2.80. The molecule has 94 valence electrons. The molecule has 2 heterocycles. The standard InChI is InChI=1S/C11H11N3O3S/c1-7-9(18-6-12-7)3-5-17-10-8(11(15)16)2-4-13-14-10/h2,4,6H,3,5H2,1H3,(H,15,16). The van der Waals surface area contributed by atoms with Gasteiger partial charge in [0.1, 0.15) is 5.56 Å². The van der Waals surface area contributed by atoms with Crippen LogP contribution in [-0.4, -0.2) is 32.9 Å². The van der Waals surface area contributed by atoms with Gasteiger partial charge in [-0.2, -0.15) is 5.10 Å². The molecule has 0 aliphatic heterocycles. The summed E-state index contributed by atoms with van der Waals surface area (Å²) >= 11 is 1.55. The largest absolute Gasteiger partial charge is 0.477 e. The molecule has 7 heteroatoms. The highest BCUT2D eigenvalue weighted by Crippen LogP contribution is 2.16. The predicted octanol–water partition coefficient (Wildman–Crippen LogP) is 1.56. The molecule has 0 aromatic carbocycles. The maximum Gasteiger partial charge on any atom is 0.341 e. The Kier molecular flexibility index (Phi) is 3.83. The second-order valence-corrected chi connectivity index (χ2v) is 4.45. The van der Waals surface area contributed by atoms with Crippen molar-refractivity contribution in [3.63, 3.8) is 0 Å². The Labute approximate surface area is 107 Å². The molecule has 0 saturated carbocycles. The molecule has 2 aromatic heterocycles. The van der Waals surface area contributed by atoms with Crippen LogP contribution in [-0.2, 0) is 6.42 Å². The van der Waals surface area contributed by atoms with Gasteiger partial charge in [0.05, 0.1) is 24.0 Å². The van der Waals surface area contributed by atoms with Crippen molar-refractivity contribution in [2.24, 2.45) is 0 Å². The molecule has 0 atom stereocenters. The van der Waals surface area contributed by atoms with Crippen LogP contribution < -0.4 is 4.74 Å². The van der Waals surface area contributed by atoms with E-state index in [0.29, 0.717) is 13.0 Å². The van der Waals surface area contributed by atoms with E-state index in [9.17, 15) is 4.79 Å². The van der Waals surface area contributed by atoms with E-state index in [4.69, 9.17) is 9.84 Å². The summed E-state index contributed by atoms with van der Waals surface area (Å²) < 4.78 is 5.35. The minimum absolute atomic E-state index is 0.0195. The molecule has 0 fully saturated rings. The van der Waals surface area contributed by atoms with Gasteiger partial charge in [0, 0.05) is 11.3 Å². The number of aromatic carboxylic acids is 1. The summed E-state index contributed by atoms with van der Waals surface area (Å²) in [6.45, 7) is 2.28. The Bertz CT molecular complexity index is 556. The quantitative estimate of drug-likeness (QED) is 0.883. The third-order valence-electron chi connectivity index (χ3n) is 2.33. The first-order valence-corrected chi connectivity index (χ1v) is 6.13. The van der Waals surface area contributed by atoms with Gasteiger partial charge in [-0.15, -0.1) is 16.4 Å². The van der Waals surface area contributed by atoms with E-state index in [-0.39, 0.29) is 11.4 Å². The number of aromatic nitrogens is 3. The van der Waals surface area contributed by atoms with Crippen molar-refractivity contribution in [2.75, 3.05) is 6.61 Å². The lowest BCUT2D eigenvalue weighted by molar-refractivity contribution is 0.0691. The molecule has 0 bridgehead atoms. The van der Waals surface area contributed by atoms with Crippen LogP contribution in [0.1, 0.15) is 20.9 Å². The molecule has 0 spiro atoms. The molecule has 0 aliphatic carbocycles. The fraction of sp³-hybridized carbons (Fsp3) is 0.273. The Morgan fingerprint density at radius 1 is 1.56 bits per heavy atom. The van der Waals surface area contributed by atoms with Crippen LogP contribution in [0, 0.1) is 6.92 Å². The van der Waals surface area contributed by atoms with Gasteiger partial charge < -0.3 is 9.84 Å². The Morgan fingerprint density at radius 3 is 3.06 bits per heavy atom. The van der Waals surface area contributed by atoms with Crippen LogP contribution in [0.25, 0.3) is 0 Å². The molecule has 0 aliphatic rings. The number of hydrogen-bond donors (Lipinski definition) is 1. The molecule has 18 heavy (non-hydrogen) atoms. The topological polar surface area (TPSA) is 85.2 Å². The summed E-state index contributed by atoms with van der Waals surface area (Å²) in [6, 6.07) is 1.36. The number of carbonyl (C=O) groups is 1. The predicted molar refractivity (Wildman–Crippen MR) is 65.0 cm³/mol. The van der Waals surface area contributed by atoms with Crippen LogP contribution in [0.4, 0.5) is 0 Å². The van der Waals surface area contributed by atoms with Crippen molar-refractivity contribution in [2.45, 2.75) is 13.3 Å². The zero-order valence-corrected chi connectivity index (χ0v) is 10.5.